The number of thioether (sulfide) groups is 1. The van der Waals surface area contributed by atoms with Crippen LogP contribution in [0.5, 0.6) is 0 Å². The molecule has 0 bridgehead atoms. The number of hydrogen-bond acceptors (Lipinski definition) is 4. The van der Waals surface area contributed by atoms with Gasteiger partial charge in [-0.1, -0.05) is 31.5 Å². The molecule has 0 amide bonds. The number of hydrogen-bond donors (Lipinski definition) is 2. The summed E-state index contributed by atoms with van der Waals surface area (Å²) in [7, 11) is 1.93. The first-order valence-corrected chi connectivity index (χ1v) is 8.75. The van der Waals surface area contributed by atoms with Crippen molar-refractivity contribution < 1.29 is 0 Å². The van der Waals surface area contributed by atoms with Crippen LogP contribution >= 0.6 is 24.0 Å². The van der Waals surface area contributed by atoms with Gasteiger partial charge in [-0.05, 0) is 26.0 Å². The Kier molecular flexibility index (Phi) is 4.96. The molecule has 6 heteroatoms. The first-order chi connectivity index (χ1) is 9.49. The summed E-state index contributed by atoms with van der Waals surface area (Å²) in [6, 6.07) is 0. The molecule has 2 rings (SSSR count). The first kappa shape index (κ1) is 15.6. The van der Waals surface area contributed by atoms with Crippen molar-refractivity contribution in [3.63, 3.8) is 0 Å². The number of nitrogens with zero attached hydrogens (tertiary/aromatic N) is 2. The van der Waals surface area contributed by atoms with Crippen molar-refractivity contribution in [2.45, 2.75) is 43.8 Å². The molecular formula is C14H24N4S2. The zero-order valence-corrected chi connectivity index (χ0v) is 14.2. The average Bonchev–Trinajstić information content (AvgIpc) is 2.72. The molecule has 20 heavy (non-hydrogen) atoms. The maximum Gasteiger partial charge on any atom is 0.134 e. The van der Waals surface area contributed by atoms with E-state index in [4.69, 9.17) is 18.0 Å². The van der Waals surface area contributed by atoms with Gasteiger partial charge in [0.15, 0.2) is 0 Å². The second-order valence-electron chi connectivity index (χ2n) is 5.60. The SMILES string of the molecule is CSC1(CNc2c(C(N)=S)c(C)nn2C)CCCCC1. The highest BCUT2D eigenvalue weighted by molar-refractivity contribution is 8.00. The molecule has 0 aliphatic heterocycles. The third-order valence-electron chi connectivity index (χ3n) is 4.24. The number of aryl methyl sites for hydroxylation is 2. The number of thiocarbonyl (C=S) groups is 1. The Morgan fingerprint density at radius 3 is 2.65 bits per heavy atom. The molecule has 0 saturated heterocycles. The van der Waals surface area contributed by atoms with Gasteiger partial charge in [0.2, 0.25) is 0 Å². The number of rotatable bonds is 5. The molecule has 1 aromatic rings. The lowest BCUT2D eigenvalue weighted by atomic mass is 9.88. The minimum absolute atomic E-state index is 0.337. The lowest BCUT2D eigenvalue weighted by Crippen LogP contribution is -2.36. The van der Waals surface area contributed by atoms with E-state index in [0.717, 1.165) is 23.6 Å². The molecule has 0 unspecified atom stereocenters. The summed E-state index contributed by atoms with van der Waals surface area (Å²) in [5, 5.41) is 7.98. The van der Waals surface area contributed by atoms with Gasteiger partial charge in [0.1, 0.15) is 10.8 Å². The molecule has 4 nitrogen and oxygen atoms in total. The molecule has 1 saturated carbocycles. The van der Waals surface area contributed by atoms with Gasteiger partial charge < -0.3 is 11.1 Å². The van der Waals surface area contributed by atoms with Crippen LogP contribution in [0.2, 0.25) is 0 Å². The summed E-state index contributed by atoms with van der Waals surface area (Å²) < 4.78 is 2.19. The quantitative estimate of drug-likeness (QED) is 0.819. The lowest BCUT2D eigenvalue weighted by Gasteiger charge is -2.36. The Morgan fingerprint density at radius 2 is 2.10 bits per heavy atom. The normalized spacial score (nSPS) is 17.9. The number of anilines is 1. The van der Waals surface area contributed by atoms with E-state index in [2.05, 4.69) is 16.7 Å². The first-order valence-electron chi connectivity index (χ1n) is 7.11. The molecule has 0 radical (unpaired) electrons. The van der Waals surface area contributed by atoms with Gasteiger partial charge in [0.05, 0.1) is 11.3 Å². The molecule has 3 N–H and O–H groups in total. The van der Waals surface area contributed by atoms with Crippen molar-refractivity contribution in [2.24, 2.45) is 12.8 Å². The highest BCUT2D eigenvalue weighted by Crippen LogP contribution is 2.38. The maximum atomic E-state index is 5.84. The largest absolute Gasteiger partial charge is 0.389 e. The van der Waals surface area contributed by atoms with E-state index in [-0.39, 0.29) is 0 Å². The zero-order valence-electron chi connectivity index (χ0n) is 12.5. The number of nitrogens with two attached hydrogens (primary N) is 1. The summed E-state index contributed by atoms with van der Waals surface area (Å²) in [5.74, 6) is 0.953. The Labute approximate surface area is 130 Å². The predicted molar refractivity (Wildman–Crippen MR) is 91.7 cm³/mol. The van der Waals surface area contributed by atoms with Crippen LogP contribution in [0.15, 0.2) is 0 Å². The van der Waals surface area contributed by atoms with Crippen LogP contribution in [-0.2, 0) is 7.05 Å². The van der Waals surface area contributed by atoms with E-state index in [0.29, 0.717) is 9.74 Å². The van der Waals surface area contributed by atoms with Gasteiger partial charge in [-0.15, -0.1) is 0 Å². The van der Waals surface area contributed by atoms with Crippen LogP contribution in [0.4, 0.5) is 5.82 Å². The van der Waals surface area contributed by atoms with Crippen molar-refractivity contribution in [1.82, 2.24) is 9.78 Å². The number of nitrogens with one attached hydrogen (secondary N) is 1. The predicted octanol–water partition coefficient (Wildman–Crippen LogP) is 2.84. The second kappa shape index (κ2) is 6.35. The molecule has 0 atom stereocenters. The summed E-state index contributed by atoms with van der Waals surface area (Å²) in [6.45, 7) is 2.90. The van der Waals surface area contributed by atoms with Crippen LogP contribution in [0.3, 0.4) is 0 Å². The summed E-state index contributed by atoms with van der Waals surface area (Å²) in [5.41, 5.74) is 7.61. The van der Waals surface area contributed by atoms with Crippen molar-refractivity contribution in [2.75, 3.05) is 18.1 Å². The van der Waals surface area contributed by atoms with Crippen molar-refractivity contribution >= 4 is 34.8 Å². The van der Waals surface area contributed by atoms with Crippen molar-refractivity contribution in [1.29, 1.82) is 0 Å². The van der Waals surface area contributed by atoms with E-state index in [1.165, 1.54) is 32.1 Å². The molecule has 1 aromatic heterocycles. The molecule has 0 spiro atoms. The van der Waals surface area contributed by atoms with E-state index in [9.17, 15) is 0 Å². The smallest absolute Gasteiger partial charge is 0.134 e. The van der Waals surface area contributed by atoms with Gasteiger partial charge in [-0.25, -0.2) is 0 Å². The summed E-state index contributed by atoms with van der Waals surface area (Å²) >= 11 is 7.14. The van der Waals surface area contributed by atoms with E-state index in [1.807, 2.05) is 30.4 Å². The Balaban J connectivity index is 2.16. The third kappa shape index (κ3) is 3.11. The molecule has 1 fully saturated rings. The summed E-state index contributed by atoms with van der Waals surface area (Å²) in [6.07, 6.45) is 8.80. The molecule has 112 valence electrons. The van der Waals surface area contributed by atoms with Crippen molar-refractivity contribution in [3.05, 3.63) is 11.3 Å². The zero-order chi connectivity index (χ0) is 14.8. The Morgan fingerprint density at radius 1 is 1.45 bits per heavy atom. The Bertz CT molecular complexity index is 490. The minimum Gasteiger partial charge on any atom is -0.389 e. The number of aromatic nitrogens is 2. The third-order valence-corrected chi connectivity index (χ3v) is 5.87. The standard InChI is InChI=1S/C14H24N4S2/c1-10-11(12(15)19)13(18(2)17-10)16-9-14(20-3)7-5-4-6-8-14/h16H,4-9H2,1-3H3,(H2,15,19). The van der Waals surface area contributed by atoms with Gasteiger partial charge in [0.25, 0.3) is 0 Å². The van der Waals surface area contributed by atoms with Crippen LogP contribution in [0.25, 0.3) is 0 Å². The van der Waals surface area contributed by atoms with E-state index >= 15 is 0 Å². The maximum absolute atomic E-state index is 5.84. The van der Waals surface area contributed by atoms with E-state index in [1.54, 1.807) is 0 Å². The fourth-order valence-corrected chi connectivity index (χ4v) is 4.21. The highest BCUT2D eigenvalue weighted by atomic mass is 32.2. The fourth-order valence-electron chi connectivity index (χ4n) is 3.05. The Hall–Kier alpha value is -0.750. The van der Waals surface area contributed by atoms with Crippen molar-refractivity contribution in [3.8, 4) is 0 Å². The van der Waals surface area contributed by atoms with Crippen LogP contribution in [0.1, 0.15) is 43.4 Å². The minimum atomic E-state index is 0.337. The van der Waals surface area contributed by atoms with Crippen LogP contribution in [-0.4, -0.2) is 32.3 Å². The molecule has 1 aliphatic rings. The molecule has 1 heterocycles. The second-order valence-corrected chi connectivity index (χ2v) is 7.31. The fraction of sp³-hybridized carbons (Fsp3) is 0.714. The monoisotopic (exact) mass is 312 g/mol. The van der Waals surface area contributed by atoms with E-state index < -0.39 is 0 Å². The molecule has 0 aromatic carbocycles. The van der Waals surface area contributed by atoms with Gasteiger partial charge in [0, 0.05) is 18.3 Å². The molecular weight excluding hydrogens is 288 g/mol. The van der Waals surface area contributed by atoms with Crippen LogP contribution in [0, 0.1) is 6.92 Å². The van der Waals surface area contributed by atoms with Gasteiger partial charge in [-0.2, -0.15) is 16.9 Å². The van der Waals surface area contributed by atoms with Gasteiger partial charge in [-0.3, -0.25) is 4.68 Å². The topological polar surface area (TPSA) is 55.9 Å². The van der Waals surface area contributed by atoms with Gasteiger partial charge >= 0.3 is 0 Å². The average molecular weight is 313 g/mol. The summed E-state index contributed by atoms with van der Waals surface area (Å²) in [4.78, 5) is 0.417. The highest BCUT2D eigenvalue weighted by Gasteiger charge is 2.31. The lowest BCUT2D eigenvalue weighted by molar-refractivity contribution is 0.410. The van der Waals surface area contributed by atoms with Crippen LogP contribution < -0.4 is 11.1 Å². The molecule has 1 aliphatic carbocycles.